The molecule has 1 aliphatic heterocycles. The number of esters is 1. The standard InChI is InChI=1S/C21H27ClO5/c1-4-18-16-7-5-6-15(10-16)8-13(2)9-17(22)11-21(26,12-23)19(24)14(3)20(25)27-18/h5-7,9-10,13-14,18,23,26H,4,8,11-12H2,1-3H3/b17-9-/t13-,14+,18-,21?/m0/s1. The Bertz CT molecular complexity index is 729. The second-order valence-electron chi connectivity index (χ2n) is 7.33. The number of Topliss-reactive ketones (excluding diaryl/α,β-unsaturated/α-hetero) is 1. The van der Waals surface area contributed by atoms with E-state index in [1.54, 1.807) is 6.08 Å². The van der Waals surface area contributed by atoms with Crippen LogP contribution in [0.15, 0.2) is 35.4 Å². The minimum Gasteiger partial charge on any atom is -0.457 e. The van der Waals surface area contributed by atoms with E-state index in [4.69, 9.17) is 16.3 Å². The molecular formula is C21H27ClO5. The Kier molecular flexibility index (Phi) is 7.20. The van der Waals surface area contributed by atoms with Crippen LogP contribution in [0.25, 0.3) is 0 Å². The topological polar surface area (TPSA) is 83.8 Å². The number of halogens is 1. The number of benzene rings is 1. The van der Waals surface area contributed by atoms with Gasteiger partial charge >= 0.3 is 5.97 Å². The maximum atomic E-state index is 12.7. The molecule has 4 atom stereocenters. The van der Waals surface area contributed by atoms with Crippen LogP contribution in [0, 0.1) is 11.8 Å². The molecule has 2 N–H and O–H groups in total. The van der Waals surface area contributed by atoms with E-state index in [0.29, 0.717) is 12.8 Å². The number of aliphatic hydroxyl groups is 2. The summed E-state index contributed by atoms with van der Waals surface area (Å²) < 4.78 is 5.56. The summed E-state index contributed by atoms with van der Waals surface area (Å²) in [5.74, 6) is -2.68. The summed E-state index contributed by atoms with van der Waals surface area (Å²) in [4.78, 5) is 25.2. The number of carbonyl (C=O) groups excluding carboxylic acids is 2. The fourth-order valence-corrected chi connectivity index (χ4v) is 3.79. The van der Waals surface area contributed by atoms with Crippen molar-refractivity contribution in [3.8, 4) is 0 Å². The van der Waals surface area contributed by atoms with Crippen LogP contribution in [0.4, 0.5) is 0 Å². The number of carbonyl (C=O) groups is 2. The maximum absolute atomic E-state index is 12.7. The SMILES string of the molecule is CC[C@@H]1OC(=O)[C@H](C)C(=O)C(O)(CO)C/C(Cl)=C/[C@@H](C)Cc2cccc1c2. The van der Waals surface area contributed by atoms with Gasteiger partial charge in [0.05, 0.1) is 6.61 Å². The normalized spacial score (nSPS) is 32.2. The van der Waals surface area contributed by atoms with Gasteiger partial charge in [0.15, 0.2) is 11.4 Å². The van der Waals surface area contributed by atoms with Crippen molar-refractivity contribution < 1.29 is 24.5 Å². The average Bonchev–Trinajstić information content (AvgIpc) is 2.63. The van der Waals surface area contributed by atoms with Gasteiger partial charge in [0.2, 0.25) is 0 Å². The van der Waals surface area contributed by atoms with Crippen molar-refractivity contribution in [1.29, 1.82) is 0 Å². The van der Waals surface area contributed by atoms with Gasteiger partial charge in [-0.25, -0.2) is 0 Å². The summed E-state index contributed by atoms with van der Waals surface area (Å²) in [5, 5.41) is 20.5. The molecule has 27 heavy (non-hydrogen) atoms. The third kappa shape index (κ3) is 5.18. The number of hydrogen-bond acceptors (Lipinski definition) is 5. The van der Waals surface area contributed by atoms with Crippen LogP contribution < -0.4 is 0 Å². The highest BCUT2D eigenvalue weighted by atomic mass is 35.5. The number of allylic oxidation sites excluding steroid dienone is 1. The Hall–Kier alpha value is -1.69. The molecular weight excluding hydrogens is 368 g/mol. The number of rotatable bonds is 2. The third-order valence-corrected chi connectivity index (χ3v) is 5.16. The highest BCUT2D eigenvalue weighted by Crippen LogP contribution is 2.29. The first-order valence-corrected chi connectivity index (χ1v) is 9.61. The molecule has 0 amide bonds. The summed E-state index contributed by atoms with van der Waals surface area (Å²) in [6.07, 6.45) is 2.31. The van der Waals surface area contributed by atoms with E-state index in [0.717, 1.165) is 11.1 Å². The van der Waals surface area contributed by atoms with E-state index < -0.39 is 36.0 Å². The van der Waals surface area contributed by atoms with Gasteiger partial charge in [-0.05, 0) is 36.8 Å². The molecule has 1 aromatic carbocycles. The Balaban J connectivity index is 2.48. The second-order valence-corrected chi connectivity index (χ2v) is 7.81. The third-order valence-electron chi connectivity index (χ3n) is 4.90. The summed E-state index contributed by atoms with van der Waals surface area (Å²) in [6.45, 7) is 4.44. The number of cyclic esters (lactones) is 1. The lowest BCUT2D eigenvalue weighted by molar-refractivity contribution is -0.163. The number of ether oxygens (including phenoxy) is 1. The Labute approximate surface area is 165 Å². The number of ketones is 1. The quantitative estimate of drug-likeness (QED) is 0.593. The fraction of sp³-hybridized carbons (Fsp3) is 0.524. The summed E-state index contributed by atoms with van der Waals surface area (Å²) in [7, 11) is 0. The number of aliphatic hydroxyl groups excluding tert-OH is 1. The van der Waals surface area contributed by atoms with Crippen molar-refractivity contribution in [3.05, 3.63) is 46.5 Å². The molecule has 1 aromatic rings. The molecule has 148 valence electrons. The van der Waals surface area contributed by atoms with Crippen LogP contribution in [0.3, 0.4) is 0 Å². The van der Waals surface area contributed by atoms with Crippen LogP contribution in [0.5, 0.6) is 0 Å². The number of fused-ring (bicyclic) bond motifs is 2. The largest absolute Gasteiger partial charge is 0.457 e. The minimum atomic E-state index is -2.12. The van der Waals surface area contributed by atoms with Crippen LogP contribution in [-0.2, 0) is 20.7 Å². The van der Waals surface area contributed by atoms with Crippen LogP contribution >= 0.6 is 11.6 Å². The van der Waals surface area contributed by atoms with Crippen molar-refractivity contribution >= 4 is 23.4 Å². The lowest BCUT2D eigenvalue weighted by Gasteiger charge is -2.28. The molecule has 0 saturated heterocycles. The molecule has 2 rings (SSSR count). The highest BCUT2D eigenvalue weighted by molar-refractivity contribution is 6.29. The monoisotopic (exact) mass is 394 g/mol. The zero-order valence-electron chi connectivity index (χ0n) is 15.9. The Morgan fingerprint density at radius 3 is 2.63 bits per heavy atom. The predicted octanol–water partition coefficient (Wildman–Crippen LogP) is 3.31. The van der Waals surface area contributed by atoms with Gasteiger partial charge in [-0.1, -0.05) is 55.8 Å². The molecule has 0 saturated carbocycles. The van der Waals surface area contributed by atoms with Crippen molar-refractivity contribution in [2.45, 2.75) is 51.7 Å². The van der Waals surface area contributed by atoms with Crippen molar-refractivity contribution in [2.75, 3.05) is 6.61 Å². The van der Waals surface area contributed by atoms with E-state index in [9.17, 15) is 19.8 Å². The number of hydrogen-bond donors (Lipinski definition) is 2. The maximum Gasteiger partial charge on any atom is 0.316 e. The van der Waals surface area contributed by atoms with Gasteiger partial charge < -0.3 is 14.9 Å². The first-order chi connectivity index (χ1) is 12.7. The van der Waals surface area contributed by atoms with Crippen LogP contribution in [0.1, 0.15) is 50.8 Å². The predicted molar refractivity (Wildman–Crippen MR) is 103 cm³/mol. The average molecular weight is 395 g/mol. The molecule has 0 radical (unpaired) electrons. The lowest BCUT2D eigenvalue weighted by atomic mass is 9.86. The molecule has 0 fully saturated rings. The molecule has 1 unspecified atom stereocenters. The summed E-state index contributed by atoms with van der Waals surface area (Å²) in [5.41, 5.74) is -0.181. The van der Waals surface area contributed by atoms with Gasteiger partial charge in [-0.15, -0.1) is 0 Å². The van der Waals surface area contributed by atoms with E-state index in [2.05, 4.69) is 0 Å². The fourth-order valence-electron chi connectivity index (χ4n) is 3.36. The van der Waals surface area contributed by atoms with Crippen LogP contribution in [-0.4, -0.2) is 34.2 Å². The lowest BCUT2D eigenvalue weighted by Crippen LogP contribution is -2.47. The van der Waals surface area contributed by atoms with Gasteiger partial charge in [-0.2, -0.15) is 0 Å². The van der Waals surface area contributed by atoms with Gasteiger partial charge in [0.25, 0.3) is 0 Å². The van der Waals surface area contributed by atoms with E-state index >= 15 is 0 Å². The van der Waals surface area contributed by atoms with Gasteiger partial charge in [-0.3, -0.25) is 9.59 Å². The van der Waals surface area contributed by atoms with E-state index in [-0.39, 0.29) is 17.4 Å². The molecule has 1 heterocycles. The van der Waals surface area contributed by atoms with Gasteiger partial charge in [0.1, 0.15) is 12.0 Å². The molecule has 0 aliphatic carbocycles. The molecule has 2 bridgehead atoms. The summed E-state index contributed by atoms with van der Waals surface area (Å²) in [6, 6.07) is 7.81. The molecule has 5 nitrogen and oxygen atoms in total. The highest BCUT2D eigenvalue weighted by Gasteiger charge is 2.42. The Morgan fingerprint density at radius 1 is 1.30 bits per heavy atom. The zero-order valence-corrected chi connectivity index (χ0v) is 16.7. The molecule has 0 spiro atoms. The second kappa shape index (κ2) is 9.00. The minimum absolute atomic E-state index is 0.0637. The first-order valence-electron chi connectivity index (χ1n) is 9.23. The molecule has 6 heteroatoms. The van der Waals surface area contributed by atoms with Crippen molar-refractivity contribution in [3.63, 3.8) is 0 Å². The molecule has 0 aromatic heterocycles. The van der Waals surface area contributed by atoms with Crippen molar-refractivity contribution in [1.82, 2.24) is 0 Å². The Morgan fingerprint density at radius 2 is 2.00 bits per heavy atom. The molecule has 1 aliphatic rings. The van der Waals surface area contributed by atoms with Gasteiger partial charge in [0, 0.05) is 11.5 Å². The van der Waals surface area contributed by atoms with E-state index in [1.165, 1.54) is 6.92 Å². The van der Waals surface area contributed by atoms with Crippen LogP contribution in [0.2, 0.25) is 0 Å². The smallest absolute Gasteiger partial charge is 0.316 e. The van der Waals surface area contributed by atoms with E-state index in [1.807, 2.05) is 38.1 Å². The zero-order chi connectivity index (χ0) is 20.2. The first kappa shape index (κ1) is 21.6. The van der Waals surface area contributed by atoms with Crippen molar-refractivity contribution in [2.24, 2.45) is 11.8 Å². The summed E-state index contributed by atoms with van der Waals surface area (Å²) >= 11 is 6.25.